The lowest BCUT2D eigenvalue weighted by Crippen LogP contribution is -2.48. The van der Waals surface area contributed by atoms with Gasteiger partial charge in [0.1, 0.15) is 11.5 Å². The van der Waals surface area contributed by atoms with Crippen molar-refractivity contribution in [2.45, 2.75) is 32.2 Å². The molecule has 8 nitrogen and oxygen atoms in total. The molecular weight excluding hydrogens is 398 g/mol. The third-order valence-corrected chi connectivity index (χ3v) is 4.79. The van der Waals surface area contributed by atoms with Crippen molar-refractivity contribution in [3.05, 3.63) is 60.6 Å². The highest BCUT2D eigenvalue weighted by Crippen LogP contribution is 2.32. The molecule has 2 amide bonds. The summed E-state index contributed by atoms with van der Waals surface area (Å²) in [5, 5.41) is 14.7. The molecule has 0 fully saturated rings. The molecule has 162 valence electrons. The van der Waals surface area contributed by atoms with Gasteiger partial charge in [-0.1, -0.05) is 12.1 Å². The summed E-state index contributed by atoms with van der Waals surface area (Å²) in [6.07, 6.45) is 4.19. The molecule has 0 atom stereocenters. The van der Waals surface area contributed by atoms with E-state index >= 15 is 0 Å². The number of aromatic hydroxyl groups is 1. The highest BCUT2D eigenvalue weighted by molar-refractivity contribution is 6.39. The number of phenolic OH excluding ortho intramolecular Hbond substituents is 1. The van der Waals surface area contributed by atoms with Crippen molar-refractivity contribution in [1.82, 2.24) is 10.3 Å². The Balaban J connectivity index is 1.59. The molecule has 0 aliphatic carbocycles. The third kappa shape index (κ3) is 5.85. The number of amides is 2. The van der Waals surface area contributed by atoms with Crippen LogP contribution >= 0.6 is 0 Å². The van der Waals surface area contributed by atoms with Gasteiger partial charge in [-0.3, -0.25) is 9.59 Å². The van der Waals surface area contributed by atoms with E-state index in [1.165, 1.54) is 13.5 Å². The SMILES string of the molecule is COc1cc(NC(=O)C(=O)NC(C)(C)CCc2ccc(O)cc2)ccc1-c1cnco1. The zero-order chi connectivity index (χ0) is 22.4. The Hall–Kier alpha value is -3.81. The van der Waals surface area contributed by atoms with Crippen LogP contribution in [-0.2, 0) is 16.0 Å². The van der Waals surface area contributed by atoms with Gasteiger partial charge in [-0.25, -0.2) is 4.98 Å². The summed E-state index contributed by atoms with van der Waals surface area (Å²) < 4.78 is 10.6. The smallest absolute Gasteiger partial charge is 0.313 e. The summed E-state index contributed by atoms with van der Waals surface area (Å²) in [5.74, 6) is -0.285. The second-order valence-corrected chi connectivity index (χ2v) is 7.74. The number of methoxy groups -OCH3 is 1. The minimum absolute atomic E-state index is 0.207. The van der Waals surface area contributed by atoms with E-state index in [-0.39, 0.29) is 5.75 Å². The maximum atomic E-state index is 12.4. The molecule has 1 heterocycles. The van der Waals surface area contributed by atoms with Crippen LogP contribution in [0.25, 0.3) is 11.3 Å². The van der Waals surface area contributed by atoms with Crippen molar-refractivity contribution in [2.75, 3.05) is 12.4 Å². The molecule has 3 rings (SSSR count). The number of carbonyl (C=O) groups is 2. The van der Waals surface area contributed by atoms with E-state index in [1.807, 2.05) is 26.0 Å². The average molecular weight is 423 g/mol. The summed E-state index contributed by atoms with van der Waals surface area (Å²) in [5.41, 5.74) is 1.53. The van der Waals surface area contributed by atoms with Crippen molar-refractivity contribution in [3.8, 4) is 22.8 Å². The van der Waals surface area contributed by atoms with Gasteiger partial charge in [-0.2, -0.15) is 0 Å². The lowest BCUT2D eigenvalue weighted by atomic mass is 9.95. The van der Waals surface area contributed by atoms with E-state index in [0.29, 0.717) is 35.6 Å². The number of nitrogens with one attached hydrogen (secondary N) is 2. The first kappa shape index (κ1) is 21.9. The number of oxazole rings is 1. The summed E-state index contributed by atoms with van der Waals surface area (Å²) in [6, 6.07) is 11.9. The molecule has 0 saturated carbocycles. The van der Waals surface area contributed by atoms with Gasteiger partial charge in [0, 0.05) is 17.3 Å². The Morgan fingerprint density at radius 3 is 2.52 bits per heavy atom. The lowest BCUT2D eigenvalue weighted by molar-refractivity contribution is -0.137. The zero-order valence-electron chi connectivity index (χ0n) is 17.6. The number of aromatic nitrogens is 1. The number of hydrogen-bond donors (Lipinski definition) is 3. The number of nitrogens with zero attached hydrogens (tertiary/aromatic N) is 1. The van der Waals surface area contributed by atoms with E-state index in [4.69, 9.17) is 9.15 Å². The lowest BCUT2D eigenvalue weighted by Gasteiger charge is -2.26. The van der Waals surface area contributed by atoms with Crippen molar-refractivity contribution in [2.24, 2.45) is 0 Å². The number of benzene rings is 2. The molecule has 0 radical (unpaired) electrons. The van der Waals surface area contributed by atoms with Gasteiger partial charge < -0.3 is 24.9 Å². The van der Waals surface area contributed by atoms with E-state index in [0.717, 1.165) is 5.56 Å². The van der Waals surface area contributed by atoms with E-state index in [9.17, 15) is 14.7 Å². The predicted octanol–water partition coefficient (Wildman–Crippen LogP) is 3.52. The molecule has 0 bridgehead atoms. The summed E-state index contributed by atoms with van der Waals surface area (Å²) in [6.45, 7) is 3.71. The molecule has 0 spiro atoms. The number of ether oxygens (including phenoxy) is 1. The molecule has 3 N–H and O–H groups in total. The van der Waals surface area contributed by atoms with Crippen LogP contribution in [0.4, 0.5) is 5.69 Å². The molecule has 2 aromatic carbocycles. The van der Waals surface area contributed by atoms with E-state index < -0.39 is 17.4 Å². The molecule has 0 aliphatic rings. The monoisotopic (exact) mass is 423 g/mol. The number of carbonyl (C=O) groups excluding carboxylic acids is 2. The van der Waals surface area contributed by atoms with Crippen molar-refractivity contribution in [1.29, 1.82) is 0 Å². The molecule has 8 heteroatoms. The van der Waals surface area contributed by atoms with Gasteiger partial charge in [0.25, 0.3) is 0 Å². The summed E-state index contributed by atoms with van der Waals surface area (Å²) >= 11 is 0. The first-order valence-corrected chi connectivity index (χ1v) is 9.76. The fourth-order valence-corrected chi connectivity index (χ4v) is 3.06. The summed E-state index contributed by atoms with van der Waals surface area (Å²) in [7, 11) is 1.50. The number of aryl methyl sites for hydroxylation is 1. The number of phenols is 1. The van der Waals surface area contributed by atoms with Gasteiger partial charge in [0.2, 0.25) is 0 Å². The molecule has 31 heavy (non-hydrogen) atoms. The normalized spacial score (nSPS) is 11.1. The predicted molar refractivity (Wildman–Crippen MR) is 116 cm³/mol. The Labute approximate surface area is 180 Å². The van der Waals surface area contributed by atoms with Gasteiger partial charge >= 0.3 is 11.8 Å². The fourth-order valence-electron chi connectivity index (χ4n) is 3.06. The van der Waals surface area contributed by atoms with Crippen LogP contribution in [0.3, 0.4) is 0 Å². The quantitative estimate of drug-likeness (QED) is 0.501. The third-order valence-electron chi connectivity index (χ3n) is 4.79. The van der Waals surface area contributed by atoms with Crippen LogP contribution in [-0.4, -0.2) is 34.6 Å². The van der Waals surface area contributed by atoms with Crippen LogP contribution in [0.5, 0.6) is 11.5 Å². The Morgan fingerprint density at radius 1 is 1.13 bits per heavy atom. The van der Waals surface area contributed by atoms with Crippen LogP contribution in [0.2, 0.25) is 0 Å². The van der Waals surface area contributed by atoms with Crippen LogP contribution < -0.4 is 15.4 Å². The minimum Gasteiger partial charge on any atom is -0.508 e. The number of rotatable bonds is 7. The van der Waals surface area contributed by atoms with Crippen LogP contribution in [0, 0.1) is 0 Å². The first-order valence-electron chi connectivity index (χ1n) is 9.76. The van der Waals surface area contributed by atoms with Gasteiger partial charge in [-0.05, 0) is 56.5 Å². The van der Waals surface area contributed by atoms with Gasteiger partial charge in [-0.15, -0.1) is 0 Å². The number of anilines is 1. The van der Waals surface area contributed by atoms with Crippen molar-refractivity contribution in [3.63, 3.8) is 0 Å². The Bertz CT molecular complexity index is 1040. The molecular formula is C23H25N3O5. The van der Waals surface area contributed by atoms with Crippen LogP contribution in [0.1, 0.15) is 25.8 Å². The van der Waals surface area contributed by atoms with Crippen molar-refractivity contribution >= 4 is 17.5 Å². The van der Waals surface area contributed by atoms with E-state index in [2.05, 4.69) is 15.6 Å². The minimum atomic E-state index is -0.771. The topological polar surface area (TPSA) is 114 Å². The van der Waals surface area contributed by atoms with Gasteiger partial charge in [0.15, 0.2) is 12.2 Å². The highest BCUT2D eigenvalue weighted by atomic mass is 16.5. The second kappa shape index (κ2) is 9.34. The maximum absolute atomic E-state index is 12.4. The molecule has 0 saturated heterocycles. The molecule has 0 aliphatic heterocycles. The average Bonchev–Trinajstić information content (AvgIpc) is 3.27. The Kier molecular flexibility index (Phi) is 6.59. The molecule has 3 aromatic rings. The van der Waals surface area contributed by atoms with Gasteiger partial charge in [0.05, 0.1) is 18.9 Å². The Morgan fingerprint density at radius 2 is 1.87 bits per heavy atom. The fraction of sp³-hybridized carbons (Fsp3) is 0.261. The zero-order valence-corrected chi connectivity index (χ0v) is 17.6. The number of hydrogen-bond acceptors (Lipinski definition) is 6. The van der Waals surface area contributed by atoms with Crippen LogP contribution in [0.15, 0.2) is 59.5 Å². The van der Waals surface area contributed by atoms with Crippen molar-refractivity contribution < 1.29 is 23.8 Å². The molecule has 0 unspecified atom stereocenters. The largest absolute Gasteiger partial charge is 0.508 e. The highest BCUT2D eigenvalue weighted by Gasteiger charge is 2.24. The first-order chi connectivity index (χ1) is 14.8. The standard InChI is InChI=1S/C23H25N3O5/c1-23(2,11-10-15-4-7-17(27)8-5-15)26-22(29)21(28)25-16-6-9-18(19(12-16)30-3)20-13-24-14-31-20/h4-9,12-14,27H,10-11H2,1-3H3,(H,25,28)(H,26,29). The molecule has 1 aromatic heterocycles. The maximum Gasteiger partial charge on any atom is 0.313 e. The second-order valence-electron chi connectivity index (χ2n) is 7.74. The summed E-state index contributed by atoms with van der Waals surface area (Å²) in [4.78, 5) is 28.7. The van der Waals surface area contributed by atoms with E-state index in [1.54, 1.807) is 36.5 Å².